The number of aliphatic imine (C=N–C) groups is 1. The van der Waals surface area contributed by atoms with Crippen molar-refractivity contribution in [2.24, 2.45) is 22.7 Å². The quantitative estimate of drug-likeness (QED) is 0.168. The molecule has 4 aromatic carbocycles. The second-order valence-corrected chi connectivity index (χ2v) is 19.5. The Morgan fingerprint density at radius 1 is 0.806 bits per heavy atom. The molecule has 6 atom stereocenters. The third-order valence-electron chi connectivity index (χ3n) is 14.2. The Labute approximate surface area is 370 Å². The van der Waals surface area contributed by atoms with Gasteiger partial charge in [-0.15, -0.1) is 0 Å². The van der Waals surface area contributed by atoms with E-state index >= 15 is 0 Å². The zero-order valence-corrected chi connectivity index (χ0v) is 37.0. The highest BCUT2D eigenvalue weighted by atomic mass is 32.2. The number of pyridine rings is 2. The number of nitrogens with zero attached hydrogens (tertiary/aromatic N) is 4. The molecule has 5 aliphatic rings. The van der Waals surface area contributed by atoms with E-state index < -0.39 is 0 Å². The number of likely N-dealkylation sites (N-methyl/N-ethyl adjacent to an activating group) is 1. The smallest absolute Gasteiger partial charge is 0.0858 e. The molecule has 5 unspecified atom stereocenters. The monoisotopic (exact) mass is 824 g/mol. The van der Waals surface area contributed by atoms with Crippen LogP contribution in [-0.4, -0.2) is 33.2 Å². The first-order valence-electron chi connectivity index (χ1n) is 22.4. The van der Waals surface area contributed by atoms with Gasteiger partial charge in [-0.25, -0.2) is 4.98 Å². The van der Waals surface area contributed by atoms with Crippen molar-refractivity contribution in [2.75, 3.05) is 7.05 Å². The largest absolute Gasteiger partial charge is 0.283 e. The lowest BCUT2D eigenvalue weighted by molar-refractivity contribution is 0.154. The van der Waals surface area contributed by atoms with Crippen molar-refractivity contribution < 1.29 is 0 Å². The molecule has 2 aromatic heterocycles. The van der Waals surface area contributed by atoms with Crippen LogP contribution in [0, 0.1) is 17.8 Å². The van der Waals surface area contributed by atoms with Gasteiger partial charge in [0.1, 0.15) is 0 Å². The van der Waals surface area contributed by atoms with Crippen LogP contribution >= 0.6 is 11.8 Å². The van der Waals surface area contributed by atoms with Gasteiger partial charge in [0.05, 0.1) is 28.5 Å². The molecular weight excluding hydrogens is 773 g/mol. The molecule has 306 valence electrons. The Morgan fingerprint density at radius 3 is 2.50 bits per heavy atom. The summed E-state index contributed by atoms with van der Waals surface area (Å²) in [5.41, 5.74) is 14.7. The summed E-state index contributed by atoms with van der Waals surface area (Å²) in [6, 6.07) is 38.0. The van der Waals surface area contributed by atoms with Gasteiger partial charge in [0.15, 0.2) is 0 Å². The minimum atomic E-state index is -0.264. The predicted octanol–water partition coefficient (Wildman–Crippen LogP) is 14.4. The number of allylic oxidation sites excluding steroid dienone is 9. The molecule has 0 bridgehead atoms. The van der Waals surface area contributed by atoms with E-state index in [4.69, 9.17) is 15.0 Å². The summed E-state index contributed by atoms with van der Waals surface area (Å²) >= 11 is 1.93. The zero-order chi connectivity index (χ0) is 42.1. The zero-order valence-electron chi connectivity index (χ0n) is 36.2. The van der Waals surface area contributed by atoms with E-state index in [2.05, 4.69) is 179 Å². The molecule has 0 saturated carbocycles. The van der Waals surface area contributed by atoms with Gasteiger partial charge >= 0.3 is 0 Å². The number of aromatic nitrogens is 2. The first-order chi connectivity index (χ1) is 30.2. The van der Waals surface area contributed by atoms with Crippen LogP contribution in [-0.2, 0) is 0 Å². The molecule has 0 fully saturated rings. The van der Waals surface area contributed by atoms with Crippen molar-refractivity contribution in [1.82, 2.24) is 14.9 Å². The Bertz CT molecular complexity index is 3010. The fourth-order valence-electron chi connectivity index (χ4n) is 11.0. The number of benzene rings is 4. The van der Waals surface area contributed by atoms with Gasteiger partial charge in [-0.3, -0.25) is 14.9 Å². The molecular formula is C57H52N4S. The minimum Gasteiger partial charge on any atom is -0.283 e. The number of hydrogen-bond acceptors (Lipinski definition) is 5. The van der Waals surface area contributed by atoms with Gasteiger partial charge < -0.3 is 0 Å². The van der Waals surface area contributed by atoms with E-state index in [0.29, 0.717) is 23.7 Å². The first-order valence-corrected chi connectivity index (χ1v) is 23.2. The number of thioether (sulfide) groups is 1. The molecule has 4 nitrogen and oxygen atoms in total. The van der Waals surface area contributed by atoms with E-state index in [9.17, 15) is 0 Å². The van der Waals surface area contributed by atoms with E-state index in [0.717, 1.165) is 36.2 Å². The molecule has 11 rings (SSSR count). The lowest BCUT2D eigenvalue weighted by Gasteiger charge is -2.49. The third-order valence-corrected chi connectivity index (χ3v) is 15.5. The molecule has 0 saturated heterocycles. The summed E-state index contributed by atoms with van der Waals surface area (Å²) in [6.07, 6.45) is 23.3. The summed E-state index contributed by atoms with van der Waals surface area (Å²) in [4.78, 5) is 20.7. The van der Waals surface area contributed by atoms with Gasteiger partial charge in [0.2, 0.25) is 0 Å². The van der Waals surface area contributed by atoms with Crippen LogP contribution in [0.15, 0.2) is 173 Å². The highest BCUT2D eigenvalue weighted by molar-refractivity contribution is 8.03. The fourth-order valence-corrected chi connectivity index (χ4v) is 12.4. The second kappa shape index (κ2) is 15.5. The van der Waals surface area contributed by atoms with Crippen LogP contribution in [0.2, 0.25) is 0 Å². The third kappa shape index (κ3) is 6.60. The van der Waals surface area contributed by atoms with E-state index in [1.165, 1.54) is 76.2 Å². The molecule has 0 N–H and O–H groups in total. The topological polar surface area (TPSA) is 41.4 Å². The van der Waals surface area contributed by atoms with Gasteiger partial charge in [0, 0.05) is 39.9 Å². The van der Waals surface area contributed by atoms with Gasteiger partial charge in [-0.1, -0.05) is 148 Å². The summed E-state index contributed by atoms with van der Waals surface area (Å²) < 4.78 is 0. The Morgan fingerprint density at radius 2 is 1.63 bits per heavy atom. The summed E-state index contributed by atoms with van der Waals surface area (Å²) in [5, 5.41) is 3.78. The maximum Gasteiger partial charge on any atom is 0.0858 e. The molecule has 6 aromatic rings. The van der Waals surface area contributed by atoms with Crippen LogP contribution in [0.5, 0.6) is 0 Å². The molecule has 5 heteroatoms. The summed E-state index contributed by atoms with van der Waals surface area (Å²) in [5.74, 6) is 1.50. The average Bonchev–Trinajstić information content (AvgIpc) is 3.71. The molecule has 3 aliphatic heterocycles. The lowest BCUT2D eigenvalue weighted by atomic mass is 9.74. The van der Waals surface area contributed by atoms with Crippen LogP contribution < -0.4 is 0 Å². The summed E-state index contributed by atoms with van der Waals surface area (Å²) in [7, 11) is 2.25. The highest BCUT2D eigenvalue weighted by Crippen LogP contribution is 2.58. The van der Waals surface area contributed by atoms with Gasteiger partial charge in [-0.2, -0.15) is 0 Å². The number of hydrogen-bond donors (Lipinski definition) is 0. The van der Waals surface area contributed by atoms with E-state index in [-0.39, 0.29) is 11.6 Å². The highest BCUT2D eigenvalue weighted by Gasteiger charge is 2.44. The van der Waals surface area contributed by atoms with Crippen LogP contribution in [0.25, 0.3) is 49.7 Å². The maximum absolute atomic E-state index is 5.52. The lowest BCUT2D eigenvalue weighted by Crippen LogP contribution is -2.55. The SMILES string of the molecule is CC1C=C(c2cccc(C3=C[C@H](c4ccccn4)N(C)C(C)(C4=NC=CCC4C)C3)c2)C=C(c2ccc3nc(-c4cccc5ccccc45)c4c(c3c2)C2C(=CC=CC2C)S4)C1. The fraction of sp³-hybridized carbons (Fsp3) is 0.246. The van der Waals surface area contributed by atoms with Crippen molar-refractivity contribution >= 4 is 55.9 Å². The molecule has 2 aliphatic carbocycles. The predicted molar refractivity (Wildman–Crippen MR) is 262 cm³/mol. The van der Waals surface area contributed by atoms with Crippen LogP contribution in [0.4, 0.5) is 0 Å². The van der Waals surface area contributed by atoms with E-state index in [1.54, 1.807) is 0 Å². The molecule has 0 amide bonds. The van der Waals surface area contributed by atoms with Crippen LogP contribution in [0.1, 0.15) is 86.9 Å². The van der Waals surface area contributed by atoms with Crippen LogP contribution in [0.3, 0.4) is 0 Å². The normalized spacial score (nSPS) is 25.8. The van der Waals surface area contributed by atoms with Gasteiger partial charge in [0.25, 0.3) is 0 Å². The number of rotatable bonds is 6. The van der Waals surface area contributed by atoms with Crippen molar-refractivity contribution in [2.45, 2.75) is 69.4 Å². The van der Waals surface area contributed by atoms with Gasteiger partial charge in [-0.05, 0) is 136 Å². The van der Waals surface area contributed by atoms with Crippen molar-refractivity contribution in [3.05, 3.63) is 191 Å². The van der Waals surface area contributed by atoms with Crippen molar-refractivity contribution in [3.63, 3.8) is 0 Å². The first kappa shape index (κ1) is 39.0. The Kier molecular flexibility index (Phi) is 9.74. The maximum atomic E-state index is 5.52. The molecule has 0 radical (unpaired) electrons. The molecule has 0 spiro atoms. The molecule has 62 heavy (non-hydrogen) atoms. The minimum absolute atomic E-state index is 0.0272. The Hall–Kier alpha value is -5.88. The Balaban J connectivity index is 0.989. The average molecular weight is 825 g/mol. The van der Waals surface area contributed by atoms with E-state index in [1.807, 2.05) is 30.2 Å². The summed E-state index contributed by atoms with van der Waals surface area (Å²) in [6.45, 7) is 9.44. The molecule has 5 heterocycles. The number of fused-ring (bicyclic) bond motifs is 6. The standard InChI is InChI=1S/C57H52N4S/c1-35-28-42(39-18-11-19-40(30-39)44-33-50(49-22-8-9-26-58-49)61(5)57(4,34-44)56-37(3)15-13-27-59-56)31-43(29-35)41-24-25-48-47(32-41)53-52-36(2)14-10-23-51(52)62-55(53)54(60-48)46-21-12-17-38-16-6-7-20-45(38)46/h6-14,16-28,30-33,35-37,50,52H,15,29,34H2,1-5H3/t35?,36?,37?,50-,52?,57?/m1/s1. The second-order valence-electron chi connectivity index (χ2n) is 18.4. The van der Waals surface area contributed by atoms with Crippen molar-refractivity contribution in [3.8, 4) is 11.3 Å². The van der Waals surface area contributed by atoms with Crippen molar-refractivity contribution in [1.29, 1.82) is 0 Å².